The Morgan fingerprint density at radius 3 is 2.19 bits per heavy atom. The van der Waals surface area contributed by atoms with E-state index in [0.717, 1.165) is 11.3 Å². The predicted octanol–water partition coefficient (Wildman–Crippen LogP) is 5.80. The molecule has 1 aliphatic heterocycles. The van der Waals surface area contributed by atoms with Crippen molar-refractivity contribution in [3.8, 4) is 5.75 Å². The van der Waals surface area contributed by atoms with Crippen LogP contribution >= 0.6 is 11.8 Å². The second-order valence-electron chi connectivity index (χ2n) is 8.54. The van der Waals surface area contributed by atoms with Gasteiger partial charge in [-0.2, -0.15) is 0 Å². The molecule has 0 atom stereocenters. The molecule has 0 aliphatic carbocycles. The third kappa shape index (κ3) is 4.23. The summed E-state index contributed by atoms with van der Waals surface area (Å²) in [6.45, 7) is 6.38. The Morgan fingerprint density at radius 2 is 1.62 bits per heavy atom. The van der Waals surface area contributed by atoms with E-state index in [1.54, 1.807) is 43.7 Å². The Bertz CT molecular complexity index is 1150. The zero-order valence-electron chi connectivity index (χ0n) is 18.5. The van der Waals surface area contributed by atoms with E-state index in [0.29, 0.717) is 33.2 Å². The summed E-state index contributed by atoms with van der Waals surface area (Å²) < 4.78 is 10.6. The van der Waals surface area contributed by atoms with Crippen LogP contribution in [0.2, 0.25) is 0 Å². The van der Waals surface area contributed by atoms with Gasteiger partial charge in [-0.25, -0.2) is 4.90 Å². The number of ether oxygens (including phenoxy) is 1. The second-order valence-corrected chi connectivity index (χ2v) is 9.53. The fourth-order valence-electron chi connectivity index (χ4n) is 3.54. The van der Waals surface area contributed by atoms with E-state index in [9.17, 15) is 9.59 Å². The SMILES string of the molecule is COc1ccc(C2=C(SCc3ccco3)C(=O)N(c3ccc(C(C)(C)C)cc3)C2=O)cc1. The molecule has 0 spiro atoms. The summed E-state index contributed by atoms with van der Waals surface area (Å²) >= 11 is 1.31. The number of carbonyl (C=O) groups excluding carboxylic acids is 2. The molecule has 3 aromatic rings. The number of rotatable bonds is 6. The third-order valence-electron chi connectivity index (χ3n) is 5.35. The van der Waals surface area contributed by atoms with Gasteiger partial charge in [-0.3, -0.25) is 9.59 Å². The zero-order chi connectivity index (χ0) is 22.9. The molecule has 1 aromatic heterocycles. The predicted molar refractivity (Wildman–Crippen MR) is 128 cm³/mol. The first-order valence-corrected chi connectivity index (χ1v) is 11.3. The van der Waals surface area contributed by atoms with Crippen molar-refractivity contribution in [2.45, 2.75) is 31.9 Å². The first-order chi connectivity index (χ1) is 15.3. The molecule has 0 saturated carbocycles. The molecule has 4 rings (SSSR count). The Labute approximate surface area is 192 Å². The molecule has 0 bridgehead atoms. The molecule has 32 heavy (non-hydrogen) atoms. The van der Waals surface area contributed by atoms with Crippen LogP contribution in [0, 0.1) is 0 Å². The van der Waals surface area contributed by atoms with Crippen LogP contribution in [0.3, 0.4) is 0 Å². The number of anilines is 1. The van der Waals surface area contributed by atoms with Crippen molar-refractivity contribution < 1.29 is 18.7 Å². The zero-order valence-corrected chi connectivity index (χ0v) is 19.4. The summed E-state index contributed by atoms with van der Waals surface area (Å²) in [6.07, 6.45) is 1.60. The minimum Gasteiger partial charge on any atom is -0.497 e. The summed E-state index contributed by atoms with van der Waals surface area (Å²) in [5, 5.41) is 0. The molecular formula is C26H25NO4S. The molecule has 5 nitrogen and oxygen atoms in total. The molecule has 0 radical (unpaired) electrons. The van der Waals surface area contributed by atoms with E-state index in [2.05, 4.69) is 20.8 Å². The minimum absolute atomic E-state index is 0.0197. The fourth-order valence-corrected chi connectivity index (χ4v) is 4.55. The van der Waals surface area contributed by atoms with Crippen molar-refractivity contribution in [3.63, 3.8) is 0 Å². The number of thioether (sulfide) groups is 1. The molecule has 164 valence electrons. The van der Waals surface area contributed by atoms with Gasteiger partial charge < -0.3 is 9.15 Å². The van der Waals surface area contributed by atoms with Crippen molar-refractivity contribution in [1.29, 1.82) is 0 Å². The lowest BCUT2D eigenvalue weighted by Crippen LogP contribution is -2.31. The number of carbonyl (C=O) groups is 2. The van der Waals surface area contributed by atoms with E-state index in [-0.39, 0.29) is 17.2 Å². The van der Waals surface area contributed by atoms with E-state index < -0.39 is 0 Å². The molecule has 2 aromatic carbocycles. The summed E-state index contributed by atoms with van der Waals surface area (Å²) in [5.74, 6) is 1.24. The van der Waals surface area contributed by atoms with E-state index in [4.69, 9.17) is 9.15 Å². The van der Waals surface area contributed by atoms with Crippen molar-refractivity contribution in [1.82, 2.24) is 0 Å². The van der Waals surface area contributed by atoms with Crippen molar-refractivity contribution in [3.05, 3.63) is 88.7 Å². The van der Waals surface area contributed by atoms with Crippen LogP contribution in [0.5, 0.6) is 5.75 Å². The molecule has 6 heteroatoms. The van der Waals surface area contributed by atoms with Gasteiger partial charge in [0.25, 0.3) is 11.8 Å². The highest BCUT2D eigenvalue weighted by molar-refractivity contribution is 8.03. The van der Waals surface area contributed by atoms with Crippen molar-refractivity contribution >= 4 is 34.8 Å². The number of benzene rings is 2. The maximum absolute atomic E-state index is 13.5. The van der Waals surface area contributed by atoms with Crippen LogP contribution in [0.15, 0.2) is 76.2 Å². The summed E-state index contributed by atoms with van der Waals surface area (Å²) in [5.41, 5.74) is 2.76. The van der Waals surface area contributed by atoms with E-state index in [1.807, 2.05) is 30.3 Å². The average Bonchev–Trinajstić information content (AvgIpc) is 3.38. The first kappa shape index (κ1) is 22.0. The average molecular weight is 448 g/mol. The number of hydrogen-bond donors (Lipinski definition) is 0. The lowest BCUT2D eigenvalue weighted by molar-refractivity contribution is -0.119. The van der Waals surface area contributed by atoms with Crippen LogP contribution in [0.4, 0.5) is 5.69 Å². The summed E-state index contributed by atoms with van der Waals surface area (Å²) in [4.78, 5) is 28.6. The van der Waals surface area contributed by atoms with Crippen molar-refractivity contribution in [2.75, 3.05) is 12.0 Å². The summed E-state index contributed by atoms with van der Waals surface area (Å²) in [6, 6.07) is 18.5. The van der Waals surface area contributed by atoms with E-state index >= 15 is 0 Å². The Kier molecular flexibility index (Phi) is 5.98. The smallest absolute Gasteiger partial charge is 0.272 e. The molecule has 2 heterocycles. The quantitative estimate of drug-likeness (QED) is 0.447. The van der Waals surface area contributed by atoms with Gasteiger partial charge in [0.1, 0.15) is 11.5 Å². The van der Waals surface area contributed by atoms with Crippen LogP contribution in [-0.4, -0.2) is 18.9 Å². The van der Waals surface area contributed by atoms with Gasteiger partial charge in [0.05, 0.1) is 35.3 Å². The van der Waals surface area contributed by atoms with E-state index in [1.165, 1.54) is 16.7 Å². The molecular weight excluding hydrogens is 422 g/mol. The number of imide groups is 1. The molecule has 0 saturated heterocycles. The number of amides is 2. The highest BCUT2D eigenvalue weighted by Gasteiger charge is 2.40. The Morgan fingerprint density at radius 1 is 0.938 bits per heavy atom. The second kappa shape index (κ2) is 8.71. The molecule has 0 unspecified atom stereocenters. The van der Waals surface area contributed by atoms with Crippen LogP contribution in [-0.2, 0) is 20.8 Å². The monoisotopic (exact) mass is 447 g/mol. The Hall–Kier alpha value is -3.25. The van der Waals surface area contributed by atoms with Gasteiger partial charge in [0.15, 0.2) is 0 Å². The van der Waals surface area contributed by atoms with Gasteiger partial charge in [-0.15, -0.1) is 11.8 Å². The first-order valence-electron chi connectivity index (χ1n) is 10.3. The normalized spacial score (nSPS) is 14.4. The lowest BCUT2D eigenvalue weighted by Gasteiger charge is -2.21. The van der Waals surface area contributed by atoms with Gasteiger partial charge in [-0.1, -0.05) is 45.0 Å². The van der Waals surface area contributed by atoms with Crippen LogP contribution < -0.4 is 9.64 Å². The number of hydrogen-bond acceptors (Lipinski definition) is 5. The van der Waals surface area contributed by atoms with Crippen LogP contribution in [0.25, 0.3) is 5.57 Å². The molecule has 1 aliphatic rings. The van der Waals surface area contributed by atoms with Gasteiger partial charge in [-0.05, 0) is 52.9 Å². The summed E-state index contributed by atoms with van der Waals surface area (Å²) in [7, 11) is 1.59. The van der Waals surface area contributed by atoms with Crippen molar-refractivity contribution in [2.24, 2.45) is 0 Å². The minimum atomic E-state index is -0.328. The highest BCUT2D eigenvalue weighted by Crippen LogP contribution is 2.40. The highest BCUT2D eigenvalue weighted by atomic mass is 32.2. The van der Waals surface area contributed by atoms with Gasteiger partial charge in [0, 0.05) is 0 Å². The molecule has 2 amide bonds. The maximum Gasteiger partial charge on any atom is 0.272 e. The topological polar surface area (TPSA) is 59.8 Å². The van der Waals surface area contributed by atoms with Gasteiger partial charge in [0.2, 0.25) is 0 Å². The molecule has 0 fully saturated rings. The number of furan rings is 1. The number of methoxy groups -OCH3 is 1. The Balaban J connectivity index is 1.71. The standard InChI is InChI=1S/C26H25NO4S/c1-26(2,3)18-9-11-19(12-10-18)27-24(28)22(17-7-13-20(30-4)14-8-17)23(25(27)29)32-16-21-6-5-15-31-21/h5-15H,16H2,1-4H3. The molecule has 0 N–H and O–H groups in total. The fraction of sp³-hybridized carbons (Fsp3) is 0.231. The largest absolute Gasteiger partial charge is 0.497 e. The maximum atomic E-state index is 13.5. The number of nitrogens with zero attached hydrogens (tertiary/aromatic N) is 1. The van der Waals surface area contributed by atoms with Crippen LogP contribution in [0.1, 0.15) is 37.7 Å². The van der Waals surface area contributed by atoms with Gasteiger partial charge >= 0.3 is 0 Å². The third-order valence-corrected chi connectivity index (χ3v) is 6.45. The lowest BCUT2D eigenvalue weighted by atomic mass is 9.87.